The van der Waals surface area contributed by atoms with E-state index in [-0.39, 0.29) is 30.4 Å². The summed E-state index contributed by atoms with van der Waals surface area (Å²) >= 11 is 12.2. The number of rotatable bonds is 7. The van der Waals surface area contributed by atoms with Gasteiger partial charge in [0.15, 0.2) is 0 Å². The molecule has 1 N–H and O–H groups in total. The van der Waals surface area contributed by atoms with Gasteiger partial charge in [-0.3, -0.25) is 9.48 Å². The predicted octanol–water partition coefficient (Wildman–Crippen LogP) is 6.35. The Morgan fingerprint density at radius 3 is 2.39 bits per heavy atom. The summed E-state index contributed by atoms with van der Waals surface area (Å²) in [6.45, 7) is 0.201. The molecular formula is C24H17Cl2F2N3O2. The van der Waals surface area contributed by atoms with Crippen LogP contribution in [0.3, 0.4) is 0 Å². The Morgan fingerprint density at radius 2 is 1.67 bits per heavy atom. The van der Waals surface area contributed by atoms with Crippen LogP contribution < -0.4 is 10.1 Å². The third-order valence-electron chi connectivity index (χ3n) is 4.65. The molecule has 0 aliphatic carbocycles. The molecule has 4 rings (SSSR count). The summed E-state index contributed by atoms with van der Waals surface area (Å²) in [6, 6.07) is 16.6. The number of nitrogens with one attached hydrogen (secondary N) is 1. The zero-order chi connectivity index (χ0) is 23.4. The van der Waals surface area contributed by atoms with E-state index in [1.165, 1.54) is 41.2 Å². The molecule has 0 atom stereocenters. The molecule has 1 amide bonds. The highest BCUT2D eigenvalue weighted by atomic mass is 35.5. The van der Waals surface area contributed by atoms with Crippen LogP contribution in [0.25, 0.3) is 0 Å². The molecule has 0 saturated carbocycles. The van der Waals surface area contributed by atoms with E-state index in [0.29, 0.717) is 26.9 Å². The lowest BCUT2D eigenvalue weighted by atomic mass is 10.2. The Balaban J connectivity index is 1.61. The highest BCUT2D eigenvalue weighted by Crippen LogP contribution is 2.27. The van der Waals surface area contributed by atoms with Gasteiger partial charge in [0.05, 0.1) is 17.3 Å². The Kier molecular flexibility index (Phi) is 6.91. The summed E-state index contributed by atoms with van der Waals surface area (Å²) in [5.41, 5.74) is 1.67. The van der Waals surface area contributed by atoms with Crippen LogP contribution in [0.2, 0.25) is 10.0 Å². The maximum Gasteiger partial charge on any atom is 0.262 e. The molecule has 0 bridgehead atoms. The first-order chi connectivity index (χ1) is 15.9. The van der Waals surface area contributed by atoms with Crippen LogP contribution in [0.1, 0.15) is 21.5 Å². The fourth-order valence-corrected chi connectivity index (χ4v) is 3.47. The van der Waals surface area contributed by atoms with Gasteiger partial charge in [-0.2, -0.15) is 0 Å². The van der Waals surface area contributed by atoms with Gasteiger partial charge in [-0.25, -0.2) is 8.78 Å². The van der Waals surface area contributed by atoms with Gasteiger partial charge in [-0.1, -0.05) is 47.5 Å². The number of hydrogen-bond donors (Lipinski definition) is 1. The number of halogens is 4. The van der Waals surface area contributed by atoms with Crippen molar-refractivity contribution in [3.63, 3.8) is 0 Å². The Hall–Kier alpha value is -3.42. The Labute approximate surface area is 198 Å². The minimum atomic E-state index is -0.529. The first-order valence-corrected chi connectivity index (χ1v) is 10.6. The third kappa shape index (κ3) is 5.88. The monoisotopic (exact) mass is 487 g/mol. The second-order valence-electron chi connectivity index (χ2n) is 7.17. The number of carbonyl (C=O) groups is 1. The zero-order valence-corrected chi connectivity index (χ0v) is 18.6. The lowest BCUT2D eigenvalue weighted by Crippen LogP contribution is -2.13. The smallest absolute Gasteiger partial charge is 0.262 e. The zero-order valence-electron chi connectivity index (χ0n) is 17.1. The van der Waals surface area contributed by atoms with E-state index in [1.807, 2.05) is 0 Å². The van der Waals surface area contributed by atoms with Gasteiger partial charge < -0.3 is 10.1 Å². The van der Waals surface area contributed by atoms with E-state index in [9.17, 15) is 13.6 Å². The third-order valence-corrected chi connectivity index (χ3v) is 5.21. The molecule has 5 nitrogen and oxygen atoms in total. The largest absolute Gasteiger partial charge is 0.471 e. The van der Waals surface area contributed by atoms with E-state index >= 15 is 0 Å². The quantitative estimate of drug-likeness (QED) is 0.330. The summed E-state index contributed by atoms with van der Waals surface area (Å²) in [5, 5.41) is 7.74. The van der Waals surface area contributed by atoms with Crippen molar-refractivity contribution >= 4 is 34.8 Å². The summed E-state index contributed by atoms with van der Waals surface area (Å²) in [4.78, 5) is 13.0. The number of carbonyl (C=O) groups excluding carboxylic acids is 1. The molecule has 0 saturated heterocycles. The van der Waals surface area contributed by atoms with Crippen LogP contribution in [0, 0.1) is 11.6 Å². The molecular weight excluding hydrogens is 471 g/mol. The van der Waals surface area contributed by atoms with Crippen molar-refractivity contribution in [2.24, 2.45) is 0 Å². The first-order valence-electron chi connectivity index (χ1n) is 9.83. The first kappa shape index (κ1) is 22.8. The van der Waals surface area contributed by atoms with Crippen molar-refractivity contribution in [1.82, 2.24) is 9.78 Å². The van der Waals surface area contributed by atoms with Crippen molar-refractivity contribution in [1.29, 1.82) is 0 Å². The molecule has 0 radical (unpaired) electrons. The molecule has 0 aliphatic heterocycles. The van der Waals surface area contributed by atoms with E-state index in [4.69, 9.17) is 27.9 Å². The maximum absolute atomic E-state index is 13.6. The summed E-state index contributed by atoms with van der Waals surface area (Å²) in [5.74, 6) is -1.28. The van der Waals surface area contributed by atoms with E-state index in [1.54, 1.807) is 36.4 Å². The summed E-state index contributed by atoms with van der Waals surface area (Å²) < 4.78 is 34.3. The predicted molar refractivity (Wildman–Crippen MR) is 123 cm³/mol. The van der Waals surface area contributed by atoms with Gasteiger partial charge in [0.25, 0.3) is 5.91 Å². The van der Waals surface area contributed by atoms with Crippen molar-refractivity contribution in [2.45, 2.75) is 13.2 Å². The number of amides is 1. The van der Waals surface area contributed by atoms with Crippen molar-refractivity contribution in [3.05, 3.63) is 111 Å². The number of aromatic nitrogens is 2. The molecule has 0 fully saturated rings. The van der Waals surface area contributed by atoms with E-state index < -0.39 is 11.7 Å². The highest BCUT2D eigenvalue weighted by Gasteiger charge is 2.20. The molecule has 0 aliphatic rings. The van der Waals surface area contributed by atoms with Gasteiger partial charge in [0.1, 0.15) is 23.8 Å². The molecule has 3 aromatic carbocycles. The molecule has 1 aromatic heterocycles. The van der Waals surface area contributed by atoms with Crippen LogP contribution in [0.4, 0.5) is 14.5 Å². The number of nitrogens with zero attached hydrogens (tertiary/aromatic N) is 2. The van der Waals surface area contributed by atoms with Crippen molar-refractivity contribution < 1.29 is 18.3 Å². The Morgan fingerprint density at radius 1 is 0.970 bits per heavy atom. The summed E-state index contributed by atoms with van der Waals surface area (Å²) in [7, 11) is 0. The minimum Gasteiger partial charge on any atom is -0.471 e. The molecule has 1 heterocycles. The number of hydrogen-bond acceptors (Lipinski definition) is 3. The number of benzene rings is 3. The average Bonchev–Trinajstić information content (AvgIpc) is 3.17. The van der Waals surface area contributed by atoms with Crippen LogP contribution in [0.15, 0.2) is 72.9 Å². The summed E-state index contributed by atoms with van der Waals surface area (Å²) in [6.07, 6.45) is 1.49. The number of ether oxygens (including phenoxy) is 1. The number of anilines is 1. The molecule has 0 spiro atoms. The van der Waals surface area contributed by atoms with Crippen LogP contribution in [0.5, 0.6) is 5.88 Å². The SMILES string of the molecule is O=C(Nc1cc(Cl)ccc1Cl)c1cn(Cc2cccc(F)c2)nc1OCc1cccc(F)c1. The van der Waals surface area contributed by atoms with Gasteiger partial charge in [0, 0.05) is 11.2 Å². The van der Waals surface area contributed by atoms with Crippen molar-refractivity contribution in [3.8, 4) is 5.88 Å². The lowest BCUT2D eigenvalue weighted by molar-refractivity contribution is 0.102. The molecule has 33 heavy (non-hydrogen) atoms. The lowest BCUT2D eigenvalue weighted by Gasteiger charge is -2.08. The fourth-order valence-electron chi connectivity index (χ4n) is 3.13. The van der Waals surface area contributed by atoms with Gasteiger partial charge >= 0.3 is 0 Å². The van der Waals surface area contributed by atoms with Crippen molar-refractivity contribution in [2.75, 3.05) is 5.32 Å². The maximum atomic E-state index is 13.6. The average molecular weight is 488 g/mol. The van der Waals surface area contributed by atoms with Crippen LogP contribution in [-0.2, 0) is 13.2 Å². The minimum absolute atomic E-state index is 0.00700. The Bertz CT molecular complexity index is 1310. The normalized spacial score (nSPS) is 10.8. The van der Waals surface area contributed by atoms with Crippen LogP contribution in [-0.4, -0.2) is 15.7 Å². The van der Waals surface area contributed by atoms with E-state index in [2.05, 4.69) is 10.4 Å². The fraction of sp³-hybridized carbons (Fsp3) is 0.0833. The molecule has 4 aromatic rings. The van der Waals surface area contributed by atoms with Crippen LogP contribution >= 0.6 is 23.2 Å². The highest BCUT2D eigenvalue weighted by molar-refractivity contribution is 6.35. The second kappa shape index (κ2) is 10.0. The molecule has 9 heteroatoms. The van der Waals surface area contributed by atoms with Gasteiger partial charge in [-0.15, -0.1) is 5.10 Å². The van der Waals surface area contributed by atoms with Gasteiger partial charge in [-0.05, 0) is 53.6 Å². The van der Waals surface area contributed by atoms with E-state index in [0.717, 1.165) is 0 Å². The topological polar surface area (TPSA) is 56.2 Å². The molecule has 0 unspecified atom stereocenters. The van der Waals surface area contributed by atoms with Gasteiger partial charge in [0.2, 0.25) is 5.88 Å². The molecule has 168 valence electrons. The second-order valence-corrected chi connectivity index (χ2v) is 8.02. The standard InChI is InChI=1S/C24H17Cl2F2N3O2/c25-17-7-8-21(26)22(11-17)29-23(32)20-13-31(12-15-3-1-5-18(27)9-15)30-24(20)33-14-16-4-2-6-19(28)10-16/h1-11,13H,12,14H2,(H,29,32).